The molecule has 1 N–H and O–H groups in total. The number of fused-ring (bicyclic) bond motifs is 1. The third-order valence-electron chi connectivity index (χ3n) is 5.35. The van der Waals surface area contributed by atoms with Gasteiger partial charge < -0.3 is 9.72 Å². The molecule has 0 fully saturated rings. The van der Waals surface area contributed by atoms with Gasteiger partial charge in [-0.25, -0.2) is 0 Å². The molecule has 4 aromatic rings. The molecule has 4 heteroatoms. The largest absolute Gasteiger partial charge is 0.457 e. The molecule has 0 radical (unpaired) electrons. The highest BCUT2D eigenvalue weighted by molar-refractivity contribution is 5.80. The first kappa shape index (κ1) is 19.5. The zero-order chi connectivity index (χ0) is 21.1. The van der Waals surface area contributed by atoms with Crippen LogP contribution in [-0.2, 0) is 11.8 Å². The summed E-state index contributed by atoms with van der Waals surface area (Å²) in [6.45, 7) is 3.71. The fraction of sp³-hybridized carbons (Fsp3) is 0.154. The number of pyridine rings is 1. The number of ether oxygens (including phenoxy) is 1. The van der Waals surface area contributed by atoms with E-state index in [4.69, 9.17) is 4.74 Å². The number of nitrogens with zero attached hydrogens (tertiary/aromatic N) is 1. The van der Waals surface area contributed by atoms with E-state index in [9.17, 15) is 10.1 Å². The van der Waals surface area contributed by atoms with Gasteiger partial charge in [-0.2, -0.15) is 5.26 Å². The summed E-state index contributed by atoms with van der Waals surface area (Å²) in [4.78, 5) is 14.9. The Bertz CT molecular complexity index is 1300. The number of benzene rings is 3. The minimum Gasteiger partial charge on any atom is -0.457 e. The molecule has 1 atom stereocenters. The van der Waals surface area contributed by atoms with E-state index in [-0.39, 0.29) is 5.56 Å². The molecule has 4 nitrogen and oxygen atoms in total. The van der Waals surface area contributed by atoms with Crippen molar-refractivity contribution in [3.8, 4) is 17.6 Å². The van der Waals surface area contributed by atoms with E-state index in [0.717, 1.165) is 33.5 Å². The zero-order valence-electron chi connectivity index (χ0n) is 17.0. The highest BCUT2D eigenvalue weighted by Crippen LogP contribution is 2.31. The SMILES string of the molecule is Cc1cc2ccc(C(C)(C#N)Cc3cccc(Oc4ccccc4)c3)cc2[nH]c1=O. The number of para-hydroxylation sites is 1. The van der Waals surface area contributed by atoms with E-state index >= 15 is 0 Å². The third-order valence-corrected chi connectivity index (χ3v) is 5.35. The highest BCUT2D eigenvalue weighted by atomic mass is 16.5. The van der Waals surface area contributed by atoms with Crippen LogP contribution in [0.5, 0.6) is 11.5 Å². The average Bonchev–Trinajstić information content (AvgIpc) is 2.75. The quantitative estimate of drug-likeness (QED) is 0.475. The predicted molar refractivity (Wildman–Crippen MR) is 119 cm³/mol. The molecule has 0 bridgehead atoms. The maximum Gasteiger partial charge on any atom is 0.251 e. The van der Waals surface area contributed by atoms with Crippen LogP contribution in [0.4, 0.5) is 0 Å². The second kappa shape index (κ2) is 7.88. The van der Waals surface area contributed by atoms with Crippen LogP contribution in [0.15, 0.2) is 83.7 Å². The first-order chi connectivity index (χ1) is 14.5. The van der Waals surface area contributed by atoms with Gasteiger partial charge in [-0.1, -0.05) is 42.5 Å². The Morgan fingerprint density at radius 2 is 1.73 bits per heavy atom. The smallest absolute Gasteiger partial charge is 0.251 e. The van der Waals surface area contributed by atoms with Crippen LogP contribution in [0.3, 0.4) is 0 Å². The van der Waals surface area contributed by atoms with Crippen molar-refractivity contribution in [2.75, 3.05) is 0 Å². The first-order valence-corrected chi connectivity index (χ1v) is 9.84. The van der Waals surface area contributed by atoms with Crippen molar-refractivity contribution < 1.29 is 4.74 Å². The number of aromatic amines is 1. The standard InChI is InChI=1S/C26H22N2O2/c1-18-13-20-11-12-21(15-24(20)28-25(18)29)26(2,17-27)16-19-7-6-10-23(14-19)30-22-8-4-3-5-9-22/h3-15H,16H2,1-2H3,(H,28,29). The second-order valence-electron chi connectivity index (χ2n) is 7.77. The summed E-state index contributed by atoms with van der Waals surface area (Å²) in [5.74, 6) is 1.50. The predicted octanol–water partition coefficient (Wildman–Crippen LogP) is 5.65. The van der Waals surface area contributed by atoms with E-state index in [0.29, 0.717) is 12.0 Å². The Morgan fingerprint density at radius 1 is 0.967 bits per heavy atom. The molecule has 1 heterocycles. The Morgan fingerprint density at radius 3 is 2.50 bits per heavy atom. The molecule has 148 valence electrons. The number of hydrogen-bond acceptors (Lipinski definition) is 3. The van der Waals surface area contributed by atoms with Crippen molar-refractivity contribution in [1.29, 1.82) is 5.26 Å². The molecule has 1 unspecified atom stereocenters. The van der Waals surface area contributed by atoms with E-state index < -0.39 is 5.41 Å². The van der Waals surface area contributed by atoms with Gasteiger partial charge in [-0.3, -0.25) is 4.79 Å². The van der Waals surface area contributed by atoms with Crippen molar-refractivity contribution in [2.45, 2.75) is 25.7 Å². The molecule has 0 amide bonds. The summed E-state index contributed by atoms with van der Waals surface area (Å²) in [6.07, 6.45) is 0.525. The van der Waals surface area contributed by atoms with Gasteiger partial charge in [-0.05, 0) is 73.2 Å². The Kier molecular flexibility index (Phi) is 5.12. The number of aromatic nitrogens is 1. The maximum absolute atomic E-state index is 12.0. The molecule has 0 spiro atoms. The molecule has 30 heavy (non-hydrogen) atoms. The van der Waals surface area contributed by atoms with E-state index in [1.165, 1.54) is 0 Å². The van der Waals surface area contributed by atoms with Crippen molar-refractivity contribution in [1.82, 2.24) is 4.98 Å². The van der Waals surface area contributed by atoms with Crippen LogP contribution in [-0.4, -0.2) is 4.98 Å². The minimum atomic E-state index is -0.749. The van der Waals surface area contributed by atoms with E-state index in [1.807, 2.05) is 85.8 Å². The fourth-order valence-electron chi connectivity index (χ4n) is 3.61. The van der Waals surface area contributed by atoms with Crippen molar-refractivity contribution >= 4 is 10.9 Å². The van der Waals surface area contributed by atoms with Crippen LogP contribution in [0.2, 0.25) is 0 Å². The molecule has 0 aliphatic carbocycles. The summed E-state index contributed by atoms with van der Waals surface area (Å²) < 4.78 is 5.93. The van der Waals surface area contributed by atoms with Gasteiger partial charge in [0.2, 0.25) is 0 Å². The van der Waals surface area contributed by atoms with E-state index in [1.54, 1.807) is 6.92 Å². The zero-order valence-corrected chi connectivity index (χ0v) is 17.0. The normalized spacial score (nSPS) is 12.8. The fourth-order valence-corrected chi connectivity index (χ4v) is 3.61. The monoisotopic (exact) mass is 394 g/mol. The lowest BCUT2D eigenvalue weighted by molar-refractivity contribution is 0.481. The van der Waals surface area contributed by atoms with Gasteiger partial charge in [0.05, 0.1) is 11.5 Å². The Balaban J connectivity index is 1.64. The minimum absolute atomic E-state index is 0.107. The summed E-state index contributed by atoms with van der Waals surface area (Å²) in [6, 6.07) is 27.6. The van der Waals surface area contributed by atoms with Gasteiger partial charge in [0.1, 0.15) is 11.5 Å². The Hall–Kier alpha value is -3.84. The van der Waals surface area contributed by atoms with E-state index in [2.05, 4.69) is 11.1 Å². The summed E-state index contributed by atoms with van der Waals surface area (Å²) in [7, 11) is 0. The van der Waals surface area contributed by atoms with Crippen molar-refractivity contribution in [3.05, 3.63) is 106 Å². The number of H-pyrrole nitrogens is 1. The number of nitriles is 1. The highest BCUT2D eigenvalue weighted by Gasteiger charge is 2.27. The lowest BCUT2D eigenvalue weighted by Crippen LogP contribution is -2.23. The van der Waals surface area contributed by atoms with Gasteiger partial charge in [0.15, 0.2) is 0 Å². The molecule has 3 aromatic carbocycles. The summed E-state index contributed by atoms with van der Waals surface area (Å²) >= 11 is 0. The van der Waals surface area contributed by atoms with Gasteiger partial charge >= 0.3 is 0 Å². The second-order valence-corrected chi connectivity index (χ2v) is 7.77. The van der Waals surface area contributed by atoms with Gasteiger partial charge in [0, 0.05) is 11.1 Å². The van der Waals surface area contributed by atoms with Crippen molar-refractivity contribution in [2.24, 2.45) is 0 Å². The number of nitrogens with one attached hydrogen (secondary N) is 1. The lowest BCUT2D eigenvalue weighted by atomic mass is 9.78. The molecular formula is C26H22N2O2. The summed E-state index contributed by atoms with van der Waals surface area (Å²) in [5, 5.41) is 11.0. The lowest BCUT2D eigenvalue weighted by Gasteiger charge is -2.23. The van der Waals surface area contributed by atoms with Crippen LogP contribution in [0.25, 0.3) is 10.9 Å². The topological polar surface area (TPSA) is 65.9 Å². The molecule has 0 aliphatic rings. The molecule has 1 aromatic heterocycles. The molecule has 4 rings (SSSR count). The summed E-state index contributed by atoms with van der Waals surface area (Å²) in [5.41, 5.74) is 2.43. The average molecular weight is 394 g/mol. The molecule has 0 aliphatic heterocycles. The van der Waals surface area contributed by atoms with Crippen LogP contribution >= 0.6 is 0 Å². The maximum atomic E-state index is 12.0. The van der Waals surface area contributed by atoms with Gasteiger partial charge in [0.25, 0.3) is 5.56 Å². The molecular weight excluding hydrogens is 372 g/mol. The van der Waals surface area contributed by atoms with Crippen LogP contribution < -0.4 is 10.3 Å². The Labute approximate surface area is 175 Å². The number of hydrogen-bond donors (Lipinski definition) is 1. The first-order valence-electron chi connectivity index (χ1n) is 9.84. The van der Waals surface area contributed by atoms with Gasteiger partial charge in [-0.15, -0.1) is 0 Å². The molecule has 0 saturated carbocycles. The van der Waals surface area contributed by atoms with Crippen LogP contribution in [0, 0.1) is 18.3 Å². The number of rotatable bonds is 5. The van der Waals surface area contributed by atoms with Crippen LogP contribution in [0.1, 0.15) is 23.6 Å². The van der Waals surface area contributed by atoms with Crippen molar-refractivity contribution in [3.63, 3.8) is 0 Å². The molecule has 0 saturated heterocycles. The third kappa shape index (κ3) is 3.97. The number of aryl methyl sites for hydroxylation is 1.